The Kier molecular flexibility index (Phi) is 1.81. The van der Waals surface area contributed by atoms with Crippen LogP contribution >= 0.6 is 0 Å². The first-order chi connectivity index (χ1) is 6.15. The van der Waals surface area contributed by atoms with E-state index in [1.807, 2.05) is 4.90 Å². The summed E-state index contributed by atoms with van der Waals surface area (Å²) in [5.41, 5.74) is -0.149. The average Bonchev–Trinajstić information content (AvgIpc) is 1.96. The van der Waals surface area contributed by atoms with Gasteiger partial charge in [-0.25, -0.2) is 4.98 Å². The van der Waals surface area contributed by atoms with Crippen molar-refractivity contribution in [3.63, 3.8) is 0 Å². The normalized spacial score (nSPS) is 17.2. The zero-order valence-corrected chi connectivity index (χ0v) is 7.32. The van der Waals surface area contributed by atoms with Gasteiger partial charge in [0.05, 0.1) is 6.10 Å². The molecular formula is C8H11N3O2. The summed E-state index contributed by atoms with van der Waals surface area (Å²) < 4.78 is 0. The molecular weight excluding hydrogens is 170 g/mol. The number of hydrogen-bond donors (Lipinski definition) is 2. The molecule has 0 saturated carbocycles. The fourth-order valence-corrected chi connectivity index (χ4v) is 1.37. The average molecular weight is 181 g/mol. The van der Waals surface area contributed by atoms with Gasteiger partial charge in [-0.3, -0.25) is 4.79 Å². The quantitative estimate of drug-likeness (QED) is 0.598. The number of aliphatic hydroxyl groups excluding tert-OH is 1. The van der Waals surface area contributed by atoms with Gasteiger partial charge < -0.3 is 15.0 Å². The Hall–Kier alpha value is -1.36. The summed E-state index contributed by atoms with van der Waals surface area (Å²) >= 11 is 0. The van der Waals surface area contributed by atoms with Gasteiger partial charge in [-0.2, -0.15) is 0 Å². The summed E-state index contributed by atoms with van der Waals surface area (Å²) in [7, 11) is 0. The molecule has 0 spiro atoms. The third-order valence-corrected chi connectivity index (χ3v) is 2.03. The summed E-state index contributed by atoms with van der Waals surface area (Å²) in [6.07, 6.45) is -0.276. The van der Waals surface area contributed by atoms with E-state index >= 15 is 0 Å². The number of hydrogen-bond acceptors (Lipinski definition) is 4. The third-order valence-electron chi connectivity index (χ3n) is 2.03. The zero-order chi connectivity index (χ0) is 9.42. The van der Waals surface area contributed by atoms with E-state index in [1.165, 1.54) is 6.07 Å². The summed E-state index contributed by atoms with van der Waals surface area (Å²) in [6.45, 7) is 2.87. The van der Waals surface area contributed by atoms with E-state index in [2.05, 4.69) is 9.97 Å². The van der Waals surface area contributed by atoms with Crippen LogP contribution in [0.2, 0.25) is 0 Å². The number of nitrogens with zero attached hydrogens (tertiary/aromatic N) is 2. The van der Waals surface area contributed by atoms with E-state index in [0.717, 1.165) is 0 Å². The second kappa shape index (κ2) is 2.85. The maximum absolute atomic E-state index is 11.1. The highest BCUT2D eigenvalue weighted by molar-refractivity contribution is 5.41. The molecule has 0 unspecified atom stereocenters. The number of rotatable bonds is 1. The molecule has 70 valence electrons. The van der Waals surface area contributed by atoms with E-state index in [4.69, 9.17) is 5.11 Å². The molecule has 1 fully saturated rings. The molecule has 0 atom stereocenters. The van der Waals surface area contributed by atoms with Crippen molar-refractivity contribution in [2.75, 3.05) is 18.0 Å². The van der Waals surface area contributed by atoms with Crippen molar-refractivity contribution in [3.05, 3.63) is 22.2 Å². The lowest BCUT2D eigenvalue weighted by Crippen LogP contribution is -2.51. The lowest BCUT2D eigenvalue weighted by molar-refractivity contribution is 0.141. The fourth-order valence-electron chi connectivity index (χ4n) is 1.37. The van der Waals surface area contributed by atoms with Gasteiger partial charge in [0.1, 0.15) is 11.6 Å². The van der Waals surface area contributed by atoms with Crippen molar-refractivity contribution in [3.8, 4) is 0 Å². The Morgan fingerprint density at radius 3 is 2.92 bits per heavy atom. The number of aromatic amines is 1. The number of anilines is 1. The van der Waals surface area contributed by atoms with Crippen molar-refractivity contribution in [2.24, 2.45) is 0 Å². The van der Waals surface area contributed by atoms with E-state index in [0.29, 0.717) is 24.7 Å². The minimum atomic E-state index is -0.276. The maximum Gasteiger partial charge on any atom is 0.252 e. The molecule has 2 heterocycles. The first kappa shape index (κ1) is 8.25. The van der Waals surface area contributed by atoms with Crippen LogP contribution in [0.3, 0.4) is 0 Å². The minimum absolute atomic E-state index is 0.149. The molecule has 2 N–H and O–H groups in total. The Labute approximate surface area is 75.0 Å². The Balaban J connectivity index is 2.26. The molecule has 1 aliphatic rings. The van der Waals surface area contributed by atoms with E-state index < -0.39 is 0 Å². The van der Waals surface area contributed by atoms with E-state index in [-0.39, 0.29) is 11.7 Å². The minimum Gasteiger partial charge on any atom is -0.389 e. The summed E-state index contributed by atoms with van der Waals surface area (Å²) in [6, 6.07) is 1.44. The molecule has 0 aliphatic carbocycles. The van der Waals surface area contributed by atoms with Gasteiger partial charge in [0, 0.05) is 19.2 Å². The van der Waals surface area contributed by atoms with Crippen molar-refractivity contribution >= 4 is 5.82 Å². The van der Waals surface area contributed by atoms with Gasteiger partial charge in [-0.15, -0.1) is 0 Å². The highest BCUT2D eigenvalue weighted by Gasteiger charge is 2.25. The molecule has 1 aliphatic heterocycles. The summed E-state index contributed by atoms with van der Waals surface area (Å²) in [5, 5.41) is 9.06. The zero-order valence-electron chi connectivity index (χ0n) is 7.32. The van der Waals surface area contributed by atoms with Gasteiger partial charge in [0.15, 0.2) is 0 Å². The van der Waals surface area contributed by atoms with Crippen LogP contribution in [0.5, 0.6) is 0 Å². The standard InChI is InChI=1S/C8H11N3O2/c1-5-9-7(2-8(13)10-5)11-3-6(12)4-11/h2,6,12H,3-4H2,1H3,(H,9,10,13). The molecule has 13 heavy (non-hydrogen) atoms. The van der Waals surface area contributed by atoms with Crippen molar-refractivity contribution in [1.29, 1.82) is 0 Å². The fraction of sp³-hybridized carbons (Fsp3) is 0.500. The Morgan fingerprint density at radius 1 is 1.69 bits per heavy atom. The lowest BCUT2D eigenvalue weighted by atomic mass is 10.2. The number of H-pyrrole nitrogens is 1. The second-order valence-corrected chi connectivity index (χ2v) is 3.25. The molecule has 5 nitrogen and oxygen atoms in total. The molecule has 1 aromatic heterocycles. The monoisotopic (exact) mass is 181 g/mol. The SMILES string of the molecule is Cc1nc(N2CC(O)C2)cc(=O)[nH]1. The highest BCUT2D eigenvalue weighted by atomic mass is 16.3. The first-order valence-electron chi connectivity index (χ1n) is 4.16. The smallest absolute Gasteiger partial charge is 0.252 e. The summed E-state index contributed by atoms with van der Waals surface area (Å²) in [5.74, 6) is 1.25. The van der Waals surface area contributed by atoms with Crippen molar-refractivity contribution in [2.45, 2.75) is 13.0 Å². The number of aromatic nitrogens is 2. The van der Waals surface area contributed by atoms with Gasteiger partial charge in [0.25, 0.3) is 5.56 Å². The highest BCUT2D eigenvalue weighted by Crippen LogP contribution is 2.15. The van der Waals surface area contributed by atoms with Gasteiger partial charge >= 0.3 is 0 Å². The van der Waals surface area contributed by atoms with Crippen LogP contribution < -0.4 is 10.5 Å². The maximum atomic E-state index is 11.1. The molecule has 0 radical (unpaired) electrons. The van der Waals surface area contributed by atoms with Crippen LogP contribution in [-0.2, 0) is 0 Å². The summed E-state index contributed by atoms with van der Waals surface area (Å²) in [4.78, 5) is 19.6. The second-order valence-electron chi connectivity index (χ2n) is 3.25. The first-order valence-corrected chi connectivity index (χ1v) is 4.16. The van der Waals surface area contributed by atoms with Crippen molar-refractivity contribution < 1.29 is 5.11 Å². The Bertz CT molecular complexity index is 368. The third kappa shape index (κ3) is 1.55. The Morgan fingerprint density at radius 2 is 2.38 bits per heavy atom. The van der Waals surface area contributed by atoms with Crippen LogP contribution in [0, 0.1) is 6.92 Å². The predicted molar refractivity (Wildman–Crippen MR) is 47.8 cm³/mol. The van der Waals surface area contributed by atoms with E-state index in [1.54, 1.807) is 6.92 Å². The van der Waals surface area contributed by atoms with Crippen LogP contribution in [0.15, 0.2) is 10.9 Å². The number of aryl methyl sites for hydroxylation is 1. The van der Waals surface area contributed by atoms with Gasteiger partial charge in [0.2, 0.25) is 0 Å². The molecule has 2 rings (SSSR count). The molecule has 0 bridgehead atoms. The molecule has 0 aromatic carbocycles. The number of nitrogens with one attached hydrogen (secondary N) is 1. The molecule has 1 aromatic rings. The predicted octanol–water partition coefficient (Wildman–Crippen LogP) is -0.741. The topological polar surface area (TPSA) is 69.2 Å². The van der Waals surface area contributed by atoms with Crippen LogP contribution in [0.1, 0.15) is 5.82 Å². The largest absolute Gasteiger partial charge is 0.389 e. The molecule has 1 saturated heterocycles. The van der Waals surface area contributed by atoms with Gasteiger partial charge in [-0.05, 0) is 6.92 Å². The van der Waals surface area contributed by atoms with Crippen LogP contribution in [0.25, 0.3) is 0 Å². The molecule has 5 heteroatoms. The number of β-amino-alcohol motifs (C(OH)–C–C–N with tert-alkyl or cyclic N) is 1. The molecule has 0 amide bonds. The van der Waals surface area contributed by atoms with Crippen LogP contribution in [-0.4, -0.2) is 34.3 Å². The van der Waals surface area contributed by atoms with E-state index in [9.17, 15) is 4.79 Å². The van der Waals surface area contributed by atoms with Crippen molar-refractivity contribution in [1.82, 2.24) is 9.97 Å². The lowest BCUT2D eigenvalue weighted by Gasteiger charge is -2.36. The van der Waals surface area contributed by atoms with Crippen LogP contribution in [0.4, 0.5) is 5.82 Å². The number of aliphatic hydroxyl groups is 1. The van der Waals surface area contributed by atoms with Gasteiger partial charge in [-0.1, -0.05) is 0 Å².